The molecule has 0 spiro atoms. The highest BCUT2D eigenvalue weighted by atomic mass is 19.1. The van der Waals surface area contributed by atoms with E-state index < -0.39 is 40.8 Å². The number of aromatic hydroxyl groups is 1. The van der Waals surface area contributed by atoms with Crippen molar-refractivity contribution in [3.63, 3.8) is 0 Å². The summed E-state index contributed by atoms with van der Waals surface area (Å²) < 4.78 is 15.4. The average Bonchev–Trinajstić information content (AvgIpc) is 2.78. The van der Waals surface area contributed by atoms with Crippen molar-refractivity contribution in [2.75, 3.05) is 20.1 Å². The molecule has 0 radical (unpaired) electrons. The molecular weight excluding hydrogens is 457 g/mol. The molecule has 11 heteroatoms. The summed E-state index contributed by atoms with van der Waals surface area (Å²) in [7, 11) is 1.62. The summed E-state index contributed by atoms with van der Waals surface area (Å²) in [5.41, 5.74) is -1.34. The zero-order valence-corrected chi connectivity index (χ0v) is 20.6. The molecule has 1 atom stereocenters. The normalized spacial score (nSPS) is 15.5. The SMILES string of the molecule is CC(C)NC(=O)N(C)CCC1CN(Cc2ccc(F)cc2)C(=O)c2c(O)c(=O)n(C(C)C)c(=O)n21. The zero-order chi connectivity index (χ0) is 26.0. The second-order valence-electron chi connectivity index (χ2n) is 9.40. The van der Waals surface area contributed by atoms with Gasteiger partial charge in [0, 0.05) is 38.8 Å². The maximum absolute atomic E-state index is 13.3. The lowest BCUT2D eigenvalue weighted by Crippen LogP contribution is -2.53. The van der Waals surface area contributed by atoms with E-state index >= 15 is 0 Å². The molecular formula is C24H32FN5O5. The Labute approximate surface area is 202 Å². The van der Waals surface area contributed by atoms with E-state index in [1.807, 2.05) is 13.8 Å². The Morgan fingerprint density at radius 2 is 1.80 bits per heavy atom. The van der Waals surface area contributed by atoms with Crippen molar-refractivity contribution >= 4 is 11.9 Å². The molecule has 3 rings (SSSR count). The van der Waals surface area contributed by atoms with Crippen molar-refractivity contribution in [3.8, 4) is 5.75 Å². The van der Waals surface area contributed by atoms with Crippen molar-refractivity contribution in [3.05, 3.63) is 62.2 Å². The van der Waals surface area contributed by atoms with Gasteiger partial charge in [0.15, 0.2) is 5.69 Å². The lowest BCUT2D eigenvalue weighted by atomic mass is 10.1. The molecule has 35 heavy (non-hydrogen) atoms. The van der Waals surface area contributed by atoms with Crippen molar-refractivity contribution in [2.45, 2.75) is 58.8 Å². The molecule has 1 aromatic heterocycles. The first-order valence-corrected chi connectivity index (χ1v) is 11.6. The van der Waals surface area contributed by atoms with Crippen molar-refractivity contribution in [1.29, 1.82) is 0 Å². The summed E-state index contributed by atoms with van der Waals surface area (Å²) >= 11 is 0. The van der Waals surface area contributed by atoms with Crippen LogP contribution < -0.4 is 16.6 Å². The molecule has 0 fully saturated rings. The predicted molar refractivity (Wildman–Crippen MR) is 128 cm³/mol. The Balaban J connectivity index is 2.02. The molecule has 0 saturated carbocycles. The number of benzene rings is 1. The van der Waals surface area contributed by atoms with Crippen LogP contribution in [0.15, 0.2) is 33.9 Å². The van der Waals surface area contributed by atoms with Gasteiger partial charge in [-0.05, 0) is 51.8 Å². The van der Waals surface area contributed by atoms with E-state index in [2.05, 4.69) is 5.32 Å². The Bertz CT molecular complexity index is 1220. The Morgan fingerprint density at radius 1 is 1.17 bits per heavy atom. The zero-order valence-electron chi connectivity index (χ0n) is 20.6. The molecule has 1 aliphatic heterocycles. The number of fused-ring (bicyclic) bond motifs is 1. The predicted octanol–water partition coefficient (Wildman–Crippen LogP) is 2.07. The number of hydrogen-bond donors (Lipinski definition) is 2. The molecule has 0 saturated heterocycles. The van der Waals surface area contributed by atoms with E-state index in [4.69, 9.17) is 0 Å². The van der Waals surface area contributed by atoms with Crippen molar-refractivity contribution in [2.24, 2.45) is 0 Å². The summed E-state index contributed by atoms with van der Waals surface area (Å²) in [6, 6.07) is 4.16. The molecule has 1 aliphatic rings. The first kappa shape index (κ1) is 26.0. The molecule has 10 nitrogen and oxygen atoms in total. The third-order valence-corrected chi connectivity index (χ3v) is 5.94. The number of nitrogens with zero attached hydrogens (tertiary/aromatic N) is 4. The topological polar surface area (TPSA) is 117 Å². The second-order valence-corrected chi connectivity index (χ2v) is 9.40. The maximum atomic E-state index is 13.3. The molecule has 3 amide bonds. The van der Waals surface area contributed by atoms with E-state index in [0.29, 0.717) is 5.56 Å². The smallest absolute Gasteiger partial charge is 0.332 e. The van der Waals surface area contributed by atoms with E-state index in [0.717, 1.165) is 4.57 Å². The highest BCUT2D eigenvalue weighted by Crippen LogP contribution is 2.27. The molecule has 2 heterocycles. The number of halogens is 1. The molecule has 2 N–H and O–H groups in total. The summed E-state index contributed by atoms with van der Waals surface area (Å²) in [5.74, 6) is -1.87. The molecule has 190 valence electrons. The van der Waals surface area contributed by atoms with Gasteiger partial charge >= 0.3 is 11.7 Å². The first-order chi connectivity index (χ1) is 16.4. The van der Waals surface area contributed by atoms with Crippen LogP contribution in [0.4, 0.5) is 9.18 Å². The van der Waals surface area contributed by atoms with E-state index in [1.54, 1.807) is 33.0 Å². The van der Waals surface area contributed by atoms with Gasteiger partial charge in [-0.1, -0.05) is 12.1 Å². The van der Waals surface area contributed by atoms with Gasteiger partial charge in [0.2, 0.25) is 5.75 Å². The largest absolute Gasteiger partial charge is 0.501 e. The van der Waals surface area contributed by atoms with Gasteiger partial charge in [-0.3, -0.25) is 18.7 Å². The van der Waals surface area contributed by atoms with Gasteiger partial charge in [0.1, 0.15) is 5.82 Å². The fourth-order valence-corrected chi connectivity index (χ4v) is 4.16. The van der Waals surface area contributed by atoms with Crippen LogP contribution in [0.2, 0.25) is 0 Å². The second kappa shape index (κ2) is 10.3. The Morgan fingerprint density at radius 3 is 2.37 bits per heavy atom. The monoisotopic (exact) mass is 489 g/mol. The fraction of sp³-hybridized carbons (Fsp3) is 0.500. The third-order valence-electron chi connectivity index (χ3n) is 5.94. The molecule has 1 aromatic carbocycles. The van der Waals surface area contributed by atoms with Gasteiger partial charge in [-0.25, -0.2) is 14.0 Å². The van der Waals surface area contributed by atoms with Gasteiger partial charge in [-0.15, -0.1) is 0 Å². The number of rotatable bonds is 7. The molecule has 1 unspecified atom stereocenters. The highest BCUT2D eigenvalue weighted by molar-refractivity contribution is 5.95. The number of aromatic nitrogens is 2. The quantitative estimate of drug-likeness (QED) is 0.618. The molecule has 0 aliphatic carbocycles. The summed E-state index contributed by atoms with van der Waals surface area (Å²) in [6.07, 6.45) is 0.290. The number of hydrogen-bond acceptors (Lipinski definition) is 5. The van der Waals surface area contributed by atoms with Gasteiger partial charge in [0.25, 0.3) is 11.5 Å². The van der Waals surface area contributed by atoms with Gasteiger partial charge in [0.05, 0.1) is 6.04 Å². The van der Waals surface area contributed by atoms with Crippen LogP contribution in [-0.2, 0) is 6.54 Å². The first-order valence-electron chi connectivity index (χ1n) is 11.6. The minimum atomic E-state index is -0.930. The highest BCUT2D eigenvalue weighted by Gasteiger charge is 2.37. The van der Waals surface area contributed by atoms with Gasteiger partial charge < -0.3 is 20.2 Å². The lowest BCUT2D eigenvalue weighted by Gasteiger charge is -2.37. The maximum Gasteiger partial charge on any atom is 0.332 e. The Kier molecular flexibility index (Phi) is 7.67. The fourth-order valence-electron chi connectivity index (χ4n) is 4.16. The minimum Gasteiger partial charge on any atom is -0.501 e. The Hall–Kier alpha value is -3.63. The molecule has 0 bridgehead atoms. The summed E-state index contributed by atoms with van der Waals surface area (Å²) in [4.78, 5) is 54.6. The standard InChI is InChI=1S/C24H32FN5O5/c1-14(2)26-23(34)27(5)11-10-18-13-28(12-16-6-8-17(25)9-7-16)21(32)19-20(31)22(33)29(15(3)4)24(35)30(18)19/h6-9,14-15,18,31H,10-13H2,1-5H3,(H,26,34). The van der Waals surface area contributed by atoms with E-state index in [9.17, 15) is 28.7 Å². The van der Waals surface area contributed by atoms with Crippen molar-refractivity contribution in [1.82, 2.24) is 24.3 Å². The van der Waals surface area contributed by atoms with Crippen LogP contribution in [0.25, 0.3) is 0 Å². The third kappa shape index (κ3) is 5.39. The van der Waals surface area contributed by atoms with E-state index in [1.165, 1.54) is 26.5 Å². The number of amides is 3. The van der Waals surface area contributed by atoms with Crippen LogP contribution in [0.3, 0.4) is 0 Å². The summed E-state index contributed by atoms with van der Waals surface area (Å²) in [6.45, 7) is 7.43. The summed E-state index contributed by atoms with van der Waals surface area (Å²) in [5, 5.41) is 13.5. The van der Waals surface area contributed by atoms with Crippen LogP contribution in [0, 0.1) is 5.82 Å². The lowest BCUT2D eigenvalue weighted by molar-refractivity contribution is 0.0624. The number of nitrogens with one attached hydrogen (secondary N) is 1. The van der Waals surface area contributed by atoms with Gasteiger partial charge in [-0.2, -0.15) is 0 Å². The van der Waals surface area contributed by atoms with Crippen LogP contribution in [0.1, 0.15) is 62.3 Å². The van der Waals surface area contributed by atoms with Crippen LogP contribution >= 0.6 is 0 Å². The number of carbonyl (C=O) groups excluding carboxylic acids is 2. The minimum absolute atomic E-state index is 0.0516. The number of carbonyl (C=O) groups is 2. The van der Waals surface area contributed by atoms with Crippen molar-refractivity contribution < 1.29 is 19.1 Å². The van der Waals surface area contributed by atoms with E-state index in [-0.39, 0.29) is 43.8 Å². The number of urea groups is 1. The average molecular weight is 490 g/mol. The van der Waals surface area contributed by atoms with Crippen LogP contribution in [-0.4, -0.2) is 62.2 Å². The molecule has 2 aromatic rings. The van der Waals surface area contributed by atoms with Crippen LogP contribution in [0.5, 0.6) is 5.75 Å².